The molecule has 0 fully saturated rings. The molecule has 0 unspecified atom stereocenters. The maximum atomic E-state index is 12.6. The quantitative estimate of drug-likeness (QED) is 0.274. The van der Waals surface area contributed by atoms with E-state index in [4.69, 9.17) is 11.6 Å². The van der Waals surface area contributed by atoms with Crippen LogP contribution in [0.4, 0.5) is 0 Å². The number of carbonyl (C=O) groups is 2. The molecule has 0 radical (unpaired) electrons. The summed E-state index contributed by atoms with van der Waals surface area (Å²) in [6.45, 7) is 1.82. The molecule has 0 saturated heterocycles. The van der Waals surface area contributed by atoms with Gasteiger partial charge in [-0.05, 0) is 38.3 Å². The van der Waals surface area contributed by atoms with E-state index in [1.54, 1.807) is 11.5 Å². The molecule has 1 aromatic heterocycles. The fourth-order valence-corrected chi connectivity index (χ4v) is 4.35. The smallest absolute Gasteiger partial charge is 0.254 e. The summed E-state index contributed by atoms with van der Waals surface area (Å²) >= 11 is 7.85. The van der Waals surface area contributed by atoms with Gasteiger partial charge in [-0.3, -0.25) is 9.59 Å². The van der Waals surface area contributed by atoms with Crippen molar-refractivity contribution in [3.8, 4) is 0 Å². The number of nitrogens with zero attached hydrogens (tertiary/aromatic N) is 1. The number of Topliss-reactive ketones (excluding diaryl/α,β-unsaturated/α-hetero) is 2. The molecule has 0 saturated carbocycles. The van der Waals surface area contributed by atoms with Crippen LogP contribution in [0.2, 0.25) is 0 Å². The Balaban J connectivity index is 2.33. The Morgan fingerprint density at radius 3 is 2.50 bits per heavy atom. The summed E-state index contributed by atoms with van der Waals surface area (Å²) in [7, 11) is 0. The van der Waals surface area contributed by atoms with Gasteiger partial charge in [-0.15, -0.1) is 11.3 Å². The molecular formula is C22H30ClNO9S. The summed E-state index contributed by atoms with van der Waals surface area (Å²) in [5.74, 6) is -6.66. The Hall–Kier alpha value is -1.70. The summed E-state index contributed by atoms with van der Waals surface area (Å²) in [4.78, 5) is 29.2. The van der Waals surface area contributed by atoms with E-state index in [1.807, 2.05) is 6.92 Å². The molecule has 1 aromatic rings. The number of halogens is 1. The van der Waals surface area contributed by atoms with Gasteiger partial charge >= 0.3 is 0 Å². The van der Waals surface area contributed by atoms with Gasteiger partial charge in [0.2, 0.25) is 5.78 Å². The van der Waals surface area contributed by atoms with Crippen molar-refractivity contribution in [1.29, 1.82) is 0 Å². The Morgan fingerprint density at radius 1 is 1.21 bits per heavy atom. The van der Waals surface area contributed by atoms with E-state index in [2.05, 4.69) is 4.98 Å². The number of aryl methyl sites for hydroxylation is 1. The second-order valence-electron chi connectivity index (χ2n) is 8.40. The molecule has 1 aliphatic carbocycles. The van der Waals surface area contributed by atoms with Gasteiger partial charge in [-0.1, -0.05) is 11.6 Å². The third-order valence-electron chi connectivity index (χ3n) is 5.59. The molecule has 190 valence electrons. The van der Waals surface area contributed by atoms with Gasteiger partial charge in [0.1, 0.15) is 24.1 Å². The first-order valence-electron chi connectivity index (χ1n) is 10.7. The van der Waals surface area contributed by atoms with Crippen molar-refractivity contribution >= 4 is 40.6 Å². The van der Waals surface area contributed by atoms with E-state index in [9.17, 15) is 45.3 Å². The molecule has 0 amide bonds. The zero-order valence-electron chi connectivity index (χ0n) is 18.5. The molecule has 34 heavy (non-hydrogen) atoms. The number of hydrogen-bond acceptors (Lipinski definition) is 11. The first kappa shape index (κ1) is 28.5. The summed E-state index contributed by atoms with van der Waals surface area (Å²) in [5.41, 5.74) is 0.581. The predicted octanol–water partition coefficient (Wildman–Crippen LogP) is 0.706. The van der Waals surface area contributed by atoms with Crippen molar-refractivity contribution in [1.82, 2.24) is 4.98 Å². The van der Waals surface area contributed by atoms with Crippen molar-refractivity contribution in [3.63, 3.8) is 0 Å². The van der Waals surface area contributed by atoms with Crippen LogP contribution in [0.3, 0.4) is 0 Å². The highest BCUT2D eigenvalue weighted by atomic mass is 35.5. The molecule has 1 aliphatic rings. The summed E-state index contributed by atoms with van der Waals surface area (Å²) in [6.07, 6.45) is -6.25. The highest BCUT2D eigenvalue weighted by Crippen LogP contribution is 2.29. The molecule has 1 heterocycles. The number of thiazole rings is 1. The van der Waals surface area contributed by atoms with Crippen molar-refractivity contribution in [3.05, 3.63) is 32.9 Å². The molecular weight excluding hydrogens is 490 g/mol. The van der Waals surface area contributed by atoms with E-state index in [1.165, 1.54) is 17.4 Å². The molecule has 5 atom stereocenters. The van der Waals surface area contributed by atoms with E-state index in [-0.39, 0.29) is 42.9 Å². The number of ketones is 2. The van der Waals surface area contributed by atoms with Crippen LogP contribution in [0.1, 0.15) is 49.2 Å². The molecule has 12 heteroatoms. The number of aliphatic hydroxyl groups is 7. The fourth-order valence-electron chi connectivity index (χ4n) is 3.51. The van der Waals surface area contributed by atoms with Crippen LogP contribution in [-0.4, -0.2) is 82.5 Å². The monoisotopic (exact) mass is 519 g/mol. The highest BCUT2D eigenvalue weighted by molar-refractivity contribution is 7.09. The van der Waals surface area contributed by atoms with Gasteiger partial charge in [-0.2, -0.15) is 0 Å². The molecule has 0 bridgehead atoms. The standard InChI is InChI=1S/C22H30ClNO9S/c1-11-24-13(10-34-11)8-16(23)12-5-6-14(25)3-2-4-17(27)19(29)20(30)21(31)22(32,33)18(28)9-15(26)7-12/h6,8,10,12,17-20,25,27-30,32-33H,2-5,7,9H2,1H3/b14-6+,16-8-/t12-,17+,18+,19+,20-/m1/s1. The van der Waals surface area contributed by atoms with Gasteiger partial charge in [0.15, 0.2) is 0 Å². The summed E-state index contributed by atoms with van der Waals surface area (Å²) < 4.78 is 0. The van der Waals surface area contributed by atoms with E-state index in [0.717, 1.165) is 5.01 Å². The average molecular weight is 520 g/mol. The molecule has 0 spiro atoms. The zero-order chi connectivity index (χ0) is 25.6. The van der Waals surface area contributed by atoms with Crippen LogP contribution in [0, 0.1) is 12.8 Å². The minimum Gasteiger partial charge on any atom is -0.513 e. The van der Waals surface area contributed by atoms with Crippen molar-refractivity contribution in [2.24, 2.45) is 5.92 Å². The number of allylic oxidation sites excluding steroid dienone is 3. The van der Waals surface area contributed by atoms with Gasteiger partial charge in [0.25, 0.3) is 5.79 Å². The predicted molar refractivity (Wildman–Crippen MR) is 124 cm³/mol. The lowest BCUT2D eigenvalue weighted by Gasteiger charge is -2.30. The third-order valence-corrected chi connectivity index (χ3v) is 6.80. The molecule has 10 nitrogen and oxygen atoms in total. The van der Waals surface area contributed by atoms with Crippen LogP contribution < -0.4 is 0 Å². The minimum atomic E-state index is -3.54. The Bertz CT molecular complexity index is 929. The van der Waals surface area contributed by atoms with Crippen LogP contribution in [0.25, 0.3) is 6.08 Å². The fraction of sp³-hybridized carbons (Fsp3) is 0.591. The van der Waals surface area contributed by atoms with Gasteiger partial charge in [0, 0.05) is 35.6 Å². The molecule has 2 rings (SSSR count). The van der Waals surface area contributed by atoms with Crippen LogP contribution in [0.5, 0.6) is 0 Å². The Morgan fingerprint density at radius 2 is 1.88 bits per heavy atom. The maximum absolute atomic E-state index is 12.6. The van der Waals surface area contributed by atoms with Gasteiger partial charge < -0.3 is 35.7 Å². The summed E-state index contributed by atoms with van der Waals surface area (Å²) in [6, 6.07) is 0. The van der Waals surface area contributed by atoms with E-state index >= 15 is 0 Å². The first-order valence-corrected chi connectivity index (χ1v) is 12.0. The van der Waals surface area contributed by atoms with Crippen LogP contribution in [0.15, 0.2) is 22.2 Å². The van der Waals surface area contributed by atoms with Crippen molar-refractivity contribution in [2.75, 3.05) is 0 Å². The first-order chi connectivity index (χ1) is 15.8. The lowest BCUT2D eigenvalue weighted by molar-refractivity contribution is -0.230. The second-order valence-corrected chi connectivity index (χ2v) is 9.90. The average Bonchev–Trinajstić information content (AvgIpc) is 3.18. The van der Waals surface area contributed by atoms with Crippen molar-refractivity contribution < 1.29 is 45.3 Å². The highest BCUT2D eigenvalue weighted by Gasteiger charge is 2.48. The molecule has 0 aromatic carbocycles. The zero-order valence-corrected chi connectivity index (χ0v) is 20.1. The van der Waals surface area contributed by atoms with Crippen molar-refractivity contribution in [2.45, 2.75) is 75.7 Å². The number of carbonyl (C=O) groups excluding carboxylic acids is 2. The Kier molecular flexibility index (Phi) is 10.3. The van der Waals surface area contributed by atoms with Gasteiger partial charge in [-0.25, -0.2) is 4.98 Å². The van der Waals surface area contributed by atoms with Gasteiger partial charge in [0.05, 0.1) is 22.6 Å². The molecule has 0 aliphatic heterocycles. The molecule has 7 N–H and O–H groups in total. The van der Waals surface area contributed by atoms with Crippen LogP contribution in [-0.2, 0) is 9.59 Å². The number of rotatable bonds is 2. The summed E-state index contributed by atoms with van der Waals surface area (Å²) in [5, 5.41) is 73.3. The largest absolute Gasteiger partial charge is 0.513 e. The lowest BCUT2D eigenvalue weighted by atomic mass is 9.89. The van der Waals surface area contributed by atoms with E-state index < -0.39 is 54.1 Å². The lowest BCUT2D eigenvalue weighted by Crippen LogP contribution is -2.58. The normalized spacial score (nSPS) is 32.3. The number of aliphatic hydroxyl groups excluding tert-OH is 5. The second kappa shape index (κ2) is 12.3. The topological polar surface area (TPSA) is 189 Å². The maximum Gasteiger partial charge on any atom is 0.254 e. The number of hydrogen-bond donors (Lipinski definition) is 7. The SMILES string of the molecule is Cc1nc(/C=C(\Cl)[C@@H]2C/C=C(/O)CCC[C@H](O)[C@H](O)[C@@H](O)C(=O)C(O)(O)[C@@H](O)CC(=O)C2)cs1. The Labute approximate surface area is 205 Å². The number of aromatic nitrogens is 1. The third kappa shape index (κ3) is 7.65. The minimum absolute atomic E-state index is 0.0402. The van der Waals surface area contributed by atoms with Crippen LogP contribution >= 0.6 is 22.9 Å². The van der Waals surface area contributed by atoms with E-state index in [0.29, 0.717) is 5.69 Å².